The van der Waals surface area contributed by atoms with Crippen molar-refractivity contribution in [3.05, 3.63) is 0 Å². The molecule has 0 aliphatic heterocycles. The Morgan fingerprint density at radius 1 is 0.414 bits per heavy atom. The molecule has 22 heteroatoms. The van der Waals surface area contributed by atoms with Crippen molar-refractivity contribution in [3.8, 4) is 0 Å². The fraction of sp³-hybridized carbons (Fsp3) is 1.00. The summed E-state index contributed by atoms with van der Waals surface area (Å²) in [6, 6.07) is 0. The van der Waals surface area contributed by atoms with Gasteiger partial charge in [0.25, 0.3) is 0 Å². The smallest absolute Gasteiger partial charge is 0.282 e. The van der Waals surface area contributed by atoms with E-state index in [1.54, 1.807) is 0 Å². The summed E-state index contributed by atoms with van der Waals surface area (Å²) in [5, 5.41) is 0. The summed E-state index contributed by atoms with van der Waals surface area (Å²) in [5.74, 6) is -42.9. The lowest BCUT2D eigenvalue weighted by Crippen LogP contribution is -2.75. The first-order valence-electron chi connectivity index (χ1n) is 5.59. The second-order valence-corrected chi connectivity index (χ2v) is 8.14. The van der Waals surface area contributed by atoms with E-state index in [9.17, 15) is 78.3 Å². The molecular weight excluding hydrogens is 510 g/mol. The highest BCUT2D eigenvalue weighted by Crippen LogP contribution is 2.63. The van der Waals surface area contributed by atoms with Crippen LogP contribution >= 0.6 is 0 Å². The van der Waals surface area contributed by atoms with E-state index >= 15 is 0 Å². The highest BCUT2D eigenvalue weighted by molar-refractivity contribution is 8.05. The van der Waals surface area contributed by atoms with E-state index in [-0.39, 0.29) is 0 Å². The molecule has 0 aromatic rings. The molecule has 2 N–H and O–H groups in total. The molecule has 176 valence electrons. The minimum Gasteiger partial charge on any atom is -0.282 e. The van der Waals surface area contributed by atoms with Crippen molar-refractivity contribution in [2.75, 3.05) is 0 Å². The van der Waals surface area contributed by atoms with Gasteiger partial charge in [0, 0.05) is 0 Å². The summed E-state index contributed by atoms with van der Waals surface area (Å²) in [6.45, 7) is 0. The molecule has 6 nitrogen and oxygen atoms in total. The van der Waals surface area contributed by atoms with E-state index in [4.69, 9.17) is 9.11 Å². The van der Waals surface area contributed by atoms with Crippen LogP contribution in [0.3, 0.4) is 0 Å². The van der Waals surface area contributed by atoms with Gasteiger partial charge in [-0.3, -0.25) is 9.11 Å². The number of halogens is 14. The van der Waals surface area contributed by atoms with Gasteiger partial charge in [-0.2, -0.15) is 78.3 Å². The zero-order valence-corrected chi connectivity index (χ0v) is 13.8. The Hall–Kier alpha value is -1.16. The summed E-state index contributed by atoms with van der Waals surface area (Å²) < 4.78 is 229. The molecule has 0 aliphatic carbocycles. The maximum atomic E-state index is 13.6. The molecule has 0 rings (SSSR count). The van der Waals surface area contributed by atoms with E-state index in [1.165, 1.54) is 0 Å². The Morgan fingerprint density at radius 2 is 0.621 bits per heavy atom. The second kappa shape index (κ2) is 6.42. The summed E-state index contributed by atoms with van der Waals surface area (Å²) in [6.07, 6.45) is -7.84. The molecule has 0 aromatic heterocycles. The quantitative estimate of drug-likeness (QED) is 0.401. The van der Waals surface area contributed by atoms with E-state index in [1.807, 2.05) is 0 Å². The third-order valence-electron chi connectivity index (χ3n) is 2.97. The van der Waals surface area contributed by atoms with Gasteiger partial charge in [-0.15, -0.1) is 0 Å². The third kappa shape index (κ3) is 3.30. The summed E-state index contributed by atoms with van der Waals surface area (Å²) >= 11 is 0. The van der Waals surface area contributed by atoms with Crippen LogP contribution in [-0.4, -0.2) is 66.1 Å². The SMILES string of the molecule is O=S(=O)(O)C(F)(C(F)(F)C(F)(F)C(F)(F)C(F)(F)C(F)(F)C(F)(F)F)S(=O)(=O)O. The fourth-order valence-corrected chi connectivity index (χ4v) is 3.38. The van der Waals surface area contributed by atoms with E-state index in [0.29, 0.717) is 0 Å². The molecule has 0 atom stereocenters. The van der Waals surface area contributed by atoms with Crippen LogP contribution in [0.1, 0.15) is 0 Å². The van der Waals surface area contributed by atoms with Gasteiger partial charge in [-0.1, -0.05) is 0 Å². The Balaban J connectivity index is 7.21. The van der Waals surface area contributed by atoms with Crippen LogP contribution in [-0.2, 0) is 20.2 Å². The predicted octanol–water partition coefficient (Wildman–Crippen LogP) is 3.12. The molecule has 0 aromatic carbocycles. The van der Waals surface area contributed by atoms with Crippen LogP contribution in [0.15, 0.2) is 0 Å². The molecule has 0 amide bonds. The van der Waals surface area contributed by atoms with Crippen molar-refractivity contribution >= 4 is 20.2 Å². The second-order valence-electron chi connectivity index (χ2n) is 4.86. The Bertz CT molecular complexity index is 823. The van der Waals surface area contributed by atoms with Crippen LogP contribution in [0.4, 0.5) is 61.5 Å². The van der Waals surface area contributed by atoms with E-state index in [2.05, 4.69) is 0 Å². The van der Waals surface area contributed by atoms with Gasteiger partial charge in [0.2, 0.25) is 0 Å². The number of alkyl halides is 14. The van der Waals surface area contributed by atoms with Crippen molar-refractivity contribution in [2.45, 2.75) is 40.1 Å². The van der Waals surface area contributed by atoms with Gasteiger partial charge in [0.1, 0.15) is 0 Å². The molecule has 0 spiro atoms. The topological polar surface area (TPSA) is 109 Å². The molecule has 0 heterocycles. The van der Waals surface area contributed by atoms with Crippen LogP contribution in [0.5, 0.6) is 0 Å². The lowest BCUT2D eigenvalue weighted by molar-refractivity contribution is -0.442. The lowest BCUT2D eigenvalue weighted by Gasteiger charge is -2.41. The van der Waals surface area contributed by atoms with Crippen molar-refractivity contribution < 1.29 is 87.4 Å². The van der Waals surface area contributed by atoms with Gasteiger partial charge in [0.05, 0.1) is 0 Å². The maximum Gasteiger partial charge on any atom is 0.460 e. The minimum absolute atomic E-state index is 7.73. The van der Waals surface area contributed by atoms with Crippen LogP contribution in [0.2, 0.25) is 0 Å². The van der Waals surface area contributed by atoms with E-state index in [0.717, 1.165) is 0 Å². The summed E-state index contributed by atoms with van der Waals surface area (Å²) in [4.78, 5) is 0. The first kappa shape index (κ1) is 27.8. The zero-order valence-electron chi connectivity index (χ0n) is 12.1. The summed E-state index contributed by atoms with van der Waals surface area (Å²) in [5.41, 5.74) is 0. The van der Waals surface area contributed by atoms with Gasteiger partial charge >= 0.3 is 60.4 Å². The van der Waals surface area contributed by atoms with Gasteiger partial charge in [-0.25, -0.2) is 0 Å². The van der Waals surface area contributed by atoms with Crippen molar-refractivity contribution in [1.29, 1.82) is 0 Å². The summed E-state index contributed by atoms with van der Waals surface area (Å²) in [7, 11) is -16.1. The number of hydrogen-bond acceptors (Lipinski definition) is 4. The fourth-order valence-electron chi connectivity index (χ4n) is 1.41. The van der Waals surface area contributed by atoms with Crippen LogP contribution in [0.25, 0.3) is 0 Å². The predicted molar refractivity (Wildman–Crippen MR) is 57.7 cm³/mol. The highest BCUT2D eigenvalue weighted by atomic mass is 32.3. The molecule has 0 saturated carbocycles. The zero-order chi connectivity index (χ0) is 24.5. The Labute approximate surface area is 149 Å². The number of hydrogen-bond donors (Lipinski definition) is 2. The first-order chi connectivity index (χ1) is 12.0. The van der Waals surface area contributed by atoms with Gasteiger partial charge < -0.3 is 0 Å². The van der Waals surface area contributed by atoms with Gasteiger partial charge in [-0.05, 0) is 0 Å². The van der Waals surface area contributed by atoms with Gasteiger partial charge in [0.15, 0.2) is 0 Å². The monoisotopic (exact) mass is 512 g/mol. The molecule has 29 heavy (non-hydrogen) atoms. The molecular formula is C7H2F14O6S2. The molecule has 0 aliphatic rings. The highest BCUT2D eigenvalue weighted by Gasteiger charge is 2.95. The third-order valence-corrected chi connectivity index (χ3v) is 6.08. The minimum atomic E-state index is -8.77. The molecule has 0 fully saturated rings. The average molecular weight is 512 g/mol. The Kier molecular flexibility index (Phi) is 6.16. The molecule has 0 unspecified atom stereocenters. The largest absolute Gasteiger partial charge is 0.460 e. The molecule has 0 bridgehead atoms. The standard InChI is InChI=1S/C7H2F14O6S2/c8-1(9,2(10,11)4(14,15)6(18,19)20)3(12,13)5(16,17)7(21,28(22,23)24)29(25,26)27/h(H,22,23,24)(H,25,26,27). The maximum absolute atomic E-state index is 13.6. The van der Waals surface area contributed by atoms with Crippen molar-refractivity contribution in [2.24, 2.45) is 0 Å². The van der Waals surface area contributed by atoms with Crippen LogP contribution in [0, 0.1) is 0 Å². The first-order valence-corrected chi connectivity index (χ1v) is 8.47. The Morgan fingerprint density at radius 3 is 0.828 bits per heavy atom. The van der Waals surface area contributed by atoms with Crippen molar-refractivity contribution in [1.82, 2.24) is 0 Å². The molecule has 0 radical (unpaired) electrons. The average Bonchev–Trinajstić information content (AvgIpc) is 2.41. The molecule has 0 saturated heterocycles. The lowest BCUT2D eigenvalue weighted by atomic mass is 9.94. The number of rotatable bonds is 7. The normalized spacial score (nSPS) is 16.8. The van der Waals surface area contributed by atoms with Crippen molar-refractivity contribution in [3.63, 3.8) is 0 Å². The van der Waals surface area contributed by atoms with E-state index < -0.39 is 60.4 Å². The van der Waals surface area contributed by atoms with Crippen LogP contribution < -0.4 is 0 Å².